The second kappa shape index (κ2) is 4.64. The molecule has 0 amide bonds. The Labute approximate surface area is 105 Å². The molecule has 1 heterocycles. The molecule has 1 aromatic carbocycles. The zero-order chi connectivity index (χ0) is 13.3. The summed E-state index contributed by atoms with van der Waals surface area (Å²) in [5.41, 5.74) is 1.75. The molecule has 94 valence electrons. The standard InChI is InChI=1S/C14H15NO3/c1-9(2)13(15(16)17)8-12-10(3)18-14-7-5-4-6-11(12)14/h4-9H,1-3H3/b13-8-. The lowest BCUT2D eigenvalue weighted by molar-refractivity contribution is -0.431. The van der Waals surface area contributed by atoms with Gasteiger partial charge < -0.3 is 4.42 Å². The summed E-state index contributed by atoms with van der Waals surface area (Å²) in [4.78, 5) is 10.7. The number of aryl methyl sites for hydroxylation is 1. The van der Waals surface area contributed by atoms with Crippen LogP contribution in [0.4, 0.5) is 0 Å². The molecule has 0 saturated carbocycles. The molecular formula is C14H15NO3. The van der Waals surface area contributed by atoms with E-state index in [0.717, 1.165) is 16.5 Å². The molecule has 0 fully saturated rings. The van der Waals surface area contributed by atoms with Crippen LogP contribution in [0, 0.1) is 23.0 Å². The van der Waals surface area contributed by atoms with Crippen LogP contribution in [-0.2, 0) is 0 Å². The second-order valence-corrected chi connectivity index (χ2v) is 4.55. The number of fused-ring (bicyclic) bond motifs is 1. The van der Waals surface area contributed by atoms with Gasteiger partial charge in [-0.2, -0.15) is 0 Å². The van der Waals surface area contributed by atoms with Crippen molar-refractivity contribution in [1.82, 2.24) is 0 Å². The zero-order valence-corrected chi connectivity index (χ0v) is 10.6. The molecule has 0 saturated heterocycles. The van der Waals surface area contributed by atoms with Crippen molar-refractivity contribution in [3.8, 4) is 0 Å². The van der Waals surface area contributed by atoms with Crippen LogP contribution in [0.25, 0.3) is 17.0 Å². The van der Waals surface area contributed by atoms with Gasteiger partial charge in [-0.25, -0.2) is 0 Å². The van der Waals surface area contributed by atoms with Crippen molar-refractivity contribution in [1.29, 1.82) is 0 Å². The fraction of sp³-hybridized carbons (Fsp3) is 0.286. The van der Waals surface area contributed by atoms with Crippen LogP contribution in [0.3, 0.4) is 0 Å². The zero-order valence-electron chi connectivity index (χ0n) is 10.6. The summed E-state index contributed by atoms with van der Waals surface area (Å²) < 4.78 is 5.59. The van der Waals surface area contributed by atoms with Gasteiger partial charge in [0.1, 0.15) is 11.3 Å². The summed E-state index contributed by atoms with van der Waals surface area (Å²) in [6.45, 7) is 5.45. The Bertz CT molecular complexity index is 623. The first-order chi connectivity index (χ1) is 8.50. The molecule has 0 N–H and O–H groups in total. The molecule has 0 atom stereocenters. The molecule has 0 radical (unpaired) electrons. The highest BCUT2D eigenvalue weighted by Crippen LogP contribution is 2.28. The van der Waals surface area contributed by atoms with E-state index in [1.54, 1.807) is 6.08 Å². The van der Waals surface area contributed by atoms with E-state index in [1.807, 2.05) is 45.0 Å². The molecule has 0 aliphatic carbocycles. The lowest BCUT2D eigenvalue weighted by atomic mass is 10.1. The minimum absolute atomic E-state index is 0.131. The van der Waals surface area contributed by atoms with E-state index in [-0.39, 0.29) is 16.5 Å². The summed E-state index contributed by atoms with van der Waals surface area (Å²) in [7, 11) is 0. The van der Waals surface area contributed by atoms with Crippen molar-refractivity contribution >= 4 is 17.0 Å². The Kier molecular flexibility index (Phi) is 3.19. The highest BCUT2D eigenvalue weighted by atomic mass is 16.6. The number of allylic oxidation sites excluding steroid dienone is 1. The Morgan fingerprint density at radius 2 is 2.06 bits per heavy atom. The van der Waals surface area contributed by atoms with Crippen LogP contribution in [0.1, 0.15) is 25.2 Å². The molecular weight excluding hydrogens is 230 g/mol. The van der Waals surface area contributed by atoms with E-state index in [9.17, 15) is 10.1 Å². The van der Waals surface area contributed by atoms with E-state index in [4.69, 9.17) is 4.42 Å². The number of nitrogens with zero attached hydrogens (tertiary/aromatic N) is 1. The third-order valence-electron chi connectivity index (χ3n) is 2.91. The molecule has 18 heavy (non-hydrogen) atoms. The summed E-state index contributed by atoms with van der Waals surface area (Å²) in [6.07, 6.45) is 1.62. The molecule has 4 heteroatoms. The molecule has 0 aliphatic heterocycles. The minimum atomic E-state index is -0.328. The number of rotatable bonds is 3. The lowest BCUT2D eigenvalue weighted by Crippen LogP contribution is -2.05. The number of hydrogen-bond acceptors (Lipinski definition) is 3. The monoisotopic (exact) mass is 245 g/mol. The normalized spacial score (nSPS) is 12.3. The molecule has 1 aromatic heterocycles. The third kappa shape index (κ3) is 2.14. The van der Waals surface area contributed by atoms with Crippen molar-refractivity contribution in [2.75, 3.05) is 0 Å². The van der Waals surface area contributed by atoms with Crippen molar-refractivity contribution in [2.45, 2.75) is 20.8 Å². The minimum Gasteiger partial charge on any atom is -0.461 e. The topological polar surface area (TPSA) is 56.3 Å². The van der Waals surface area contributed by atoms with E-state index >= 15 is 0 Å². The molecule has 0 spiro atoms. The van der Waals surface area contributed by atoms with E-state index in [1.165, 1.54) is 0 Å². The molecule has 2 rings (SSSR count). The predicted molar refractivity (Wildman–Crippen MR) is 70.8 cm³/mol. The number of benzene rings is 1. The number of furan rings is 1. The molecule has 0 bridgehead atoms. The maximum atomic E-state index is 11.0. The van der Waals surface area contributed by atoms with Crippen molar-refractivity contribution in [3.63, 3.8) is 0 Å². The van der Waals surface area contributed by atoms with Gasteiger partial charge in [0.05, 0.1) is 4.92 Å². The summed E-state index contributed by atoms with van der Waals surface area (Å²) >= 11 is 0. The van der Waals surface area contributed by atoms with Crippen LogP contribution < -0.4 is 0 Å². The molecule has 0 aliphatic rings. The van der Waals surface area contributed by atoms with Gasteiger partial charge >= 0.3 is 0 Å². The van der Waals surface area contributed by atoms with E-state index in [2.05, 4.69) is 0 Å². The largest absolute Gasteiger partial charge is 0.461 e. The highest BCUT2D eigenvalue weighted by molar-refractivity contribution is 5.88. The quantitative estimate of drug-likeness (QED) is 0.606. The van der Waals surface area contributed by atoms with E-state index < -0.39 is 0 Å². The molecule has 2 aromatic rings. The van der Waals surface area contributed by atoms with Gasteiger partial charge in [0.15, 0.2) is 0 Å². The summed E-state index contributed by atoms with van der Waals surface area (Å²) in [5, 5.41) is 11.9. The van der Waals surface area contributed by atoms with Gasteiger partial charge in [-0.3, -0.25) is 10.1 Å². The van der Waals surface area contributed by atoms with Gasteiger partial charge in [0.2, 0.25) is 5.70 Å². The Balaban J connectivity index is 2.64. The summed E-state index contributed by atoms with van der Waals surface area (Å²) in [6, 6.07) is 7.56. The average molecular weight is 245 g/mol. The fourth-order valence-corrected chi connectivity index (χ4v) is 1.95. The lowest BCUT2D eigenvalue weighted by Gasteiger charge is -2.01. The Morgan fingerprint density at radius 3 is 2.67 bits per heavy atom. The van der Waals surface area contributed by atoms with E-state index in [0.29, 0.717) is 5.76 Å². The Hall–Kier alpha value is -2.10. The van der Waals surface area contributed by atoms with Crippen molar-refractivity contribution < 1.29 is 9.34 Å². The van der Waals surface area contributed by atoms with Crippen LogP contribution in [-0.4, -0.2) is 4.92 Å². The van der Waals surface area contributed by atoms with Crippen LogP contribution >= 0.6 is 0 Å². The van der Waals surface area contributed by atoms with Gasteiger partial charge in [0, 0.05) is 22.9 Å². The second-order valence-electron chi connectivity index (χ2n) is 4.55. The maximum absolute atomic E-state index is 11.0. The maximum Gasteiger partial charge on any atom is 0.249 e. The van der Waals surface area contributed by atoms with Crippen LogP contribution in [0.15, 0.2) is 34.4 Å². The average Bonchev–Trinajstić information content (AvgIpc) is 2.61. The summed E-state index contributed by atoms with van der Waals surface area (Å²) in [5.74, 6) is 0.573. The highest BCUT2D eigenvalue weighted by Gasteiger charge is 2.18. The number of nitro groups is 1. The SMILES string of the molecule is Cc1oc2ccccc2c1/C=C(/C(C)C)[N+](=O)[O-]. The Morgan fingerprint density at radius 1 is 1.39 bits per heavy atom. The van der Waals surface area contributed by atoms with Gasteiger partial charge in [0.25, 0.3) is 0 Å². The van der Waals surface area contributed by atoms with Gasteiger partial charge in [-0.1, -0.05) is 32.0 Å². The first-order valence-corrected chi connectivity index (χ1v) is 5.85. The predicted octanol–water partition coefficient (Wildman–Crippen LogP) is 4.01. The van der Waals surface area contributed by atoms with Crippen LogP contribution in [0.2, 0.25) is 0 Å². The van der Waals surface area contributed by atoms with Crippen molar-refractivity contribution in [2.24, 2.45) is 5.92 Å². The fourth-order valence-electron chi connectivity index (χ4n) is 1.95. The number of para-hydroxylation sites is 1. The first-order valence-electron chi connectivity index (χ1n) is 5.85. The molecule has 0 unspecified atom stereocenters. The first kappa shape index (κ1) is 12.4. The van der Waals surface area contributed by atoms with Gasteiger partial charge in [-0.15, -0.1) is 0 Å². The smallest absolute Gasteiger partial charge is 0.249 e. The number of hydrogen-bond donors (Lipinski definition) is 0. The van der Waals surface area contributed by atoms with Crippen molar-refractivity contribution in [3.05, 3.63) is 51.4 Å². The van der Waals surface area contributed by atoms with Gasteiger partial charge in [-0.05, 0) is 13.0 Å². The van der Waals surface area contributed by atoms with Crippen LogP contribution in [0.5, 0.6) is 0 Å². The molecule has 4 nitrogen and oxygen atoms in total. The third-order valence-corrected chi connectivity index (χ3v) is 2.91.